The number of hydrogen-bond donors (Lipinski definition) is 2. The predicted octanol–water partition coefficient (Wildman–Crippen LogP) is 1.02. The highest BCUT2D eigenvalue weighted by Crippen LogP contribution is 2.25. The Morgan fingerprint density at radius 3 is 3.00 bits per heavy atom. The average Bonchev–Trinajstić information content (AvgIpc) is 2.16. The van der Waals surface area contributed by atoms with Gasteiger partial charge >= 0.3 is 0 Å². The number of aliphatic hydroxyl groups is 1. The first kappa shape index (κ1) is 10.2. The van der Waals surface area contributed by atoms with Crippen molar-refractivity contribution in [1.29, 1.82) is 0 Å². The number of rotatable bonds is 1. The third kappa shape index (κ3) is 2.39. The molecule has 4 heteroatoms. The van der Waals surface area contributed by atoms with Crippen LogP contribution in [-0.4, -0.2) is 28.8 Å². The van der Waals surface area contributed by atoms with E-state index in [1.807, 2.05) is 13.0 Å². The van der Waals surface area contributed by atoms with Crippen molar-refractivity contribution in [2.24, 2.45) is 0 Å². The Balaban J connectivity index is 2.17. The van der Waals surface area contributed by atoms with Gasteiger partial charge in [-0.1, -0.05) is 0 Å². The molecule has 1 aromatic heterocycles. The molecule has 0 aromatic carbocycles. The lowest BCUT2D eigenvalue weighted by Gasteiger charge is -2.38. The maximum Gasteiger partial charge on any atom is 0.0794 e. The lowest BCUT2D eigenvalue weighted by molar-refractivity contribution is 0.0449. The number of anilines is 2. The van der Waals surface area contributed by atoms with Crippen molar-refractivity contribution < 1.29 is 5.11 Å². The number of nitrogens with two attached hydrogens (primary N) is 1. The highest BCUT2D eigenvalue weighted by molar-refractivity contribution is 5.53. The van der Waals surface area contributed by atoms with Crippen LogP contribution in [0.5, 0.6) is 0 Å². The molecule has 0 bridgehead atoms. The van der Waals surface area contributed by atoms with Gasteiger partial charge in [0.05, 0.1) is 23.2 Å². The minimum absolute atomic E-state index is 0.594. The van der Waals surface area contributed by atoms with Crippen LogP contribution in [-0.2, 0) is 0 Å². The topological polar surface area (TPSA) is 62.4 Å². The van der Waals surface area contributed by atoms with Crippen molar-refractivity contribution in [2.75, 3.05) is 23.7 Å². The summed E-state index contributed by atoms with van der Waals surface area (Å²) in [5, 5.41) is 9.98. The fourth-order valence-electron chi connectivity index (χ4n) is 2.06. The van der Waals surface area contributed by atoms with Crippen molar-refractivity contribution in [3.8, 4) is 0 Å². The van der Waals surface area contributed by atoms with E-state index in [1.54, 1.807) is 12.4 Å². The molecule has 1 aliphatic rings. The summed E-state index contributed by atoms with van der Waals surface area (Å²) in [6.07, 6.45) is 5.28. The van der Waals surface area contributed by atoms with E-state index in [2.05, 4.69) is 9.88 Å². The second-order valence-electron chi connectivity index (χ2n) is 4.50. The van der Waals surface area contributed by atoms with E-state index in [0.717, 1.165) is 25.1 Å². The van der Waals surface area contributed by atoms with Gasteiger partial charge in [-0.25, -0.2) is 0 Å². The van der Waals surface area contributed by atoms with E-state index in [1.165, 1.54) is 0 Å². The van der Waals surface area contributed by atoms with Crippen LogP contribution in [0.1, 0.15) is 19.8 Å². The van der Waals surface area contributed by atoms with Crippen LogP contribution in [0.2, 0.25) is 0 Å². The lowest BCUT2D eigenvalue weighted by Crippen LogP contribution is -2.46. The molecule has 1 saturated heterocycles. The number of hydrogen-bond acceptors (Lipinski definition) is 4. The molecule has 82 valence electrons. The Bertz CT molecular complexity index is 351. The fraction of sp³-hybridized carbons (Fsp3) is 0.545. The van der Waals surface area contributed by atoms with Crippen LogP contribution in [0.3, 0.4) is 0 Å². The van der Waals surface area contributed by atoms with Crippen molar-refractivity contribution in [3.05, 3.63) is 18.5 Å². The zero-order valence-electron chi connectivity index (χ0n) is 8.98. The van der Waals surface area contributed by atoms with Gasteiger partial charge < -0.3 is 15.7 Å². The van der Waals surface area contributed by atoms with Gasteiger partial charge in [-0.05, 0) is 25.8 Å². The molecule has 0 amide bonds. The number of nitrogens with zero attached hydrogens (tertiary/aromatic N) is 2. The van der Waals surface area contributed by atoms with Crippen LogP contribution in [0.15, 0.2) is 18.5 Å². The van der Waals surface area contributed by atoms with Gasteiger partial charge in [0.1, 0.15) is 0 Å². The zero-order valence-corrected chi connectivity index (χ0v) is 8.98. The molecule has 2 heterocycles. The van der Waals surface area contributed by atoms with Crippen LogP contribution >= 0.6 is 0 Å². The van der Waals surface area contributed by atoms with E-state index in [9.17, 15) is 5.11 Å². The quantitative estimate of drug-likeness (QED) is 0.721. The average molecular weight is 207 g/mol. The van der Waals surface area contributed by atoms with E-state index in [4.69, 9.17) is 5.73 Å². The largest absolute Gasteiger partial charge is 0.397 e. The summed E-state index contributed by atoms with van der Waals surface area (Å²) in [5.41, 5.74) is 6.75. The van der Waals surface area contributed by atoms with Crippen LogP contribution in [0.25, 0.3) is 0 Å². The molecule has 1 aliphatic heterocycles. The summed E-state index contributed by atoms with van der Waals surface area (Å²) in [7, 11) is 0. The van der Waals surface area contributed by atoms with Gasteiger partial charge in [0, 0.05) is 19.3 Å². The van der Waals surface area contributed by atoms with Gasteiger partial charge in [0.25, 0.3) is 0 Å². The van der Waals surface area contributed by atoms with Crippen molar-refractivity contribution >= 4 is 11.4 Å². The van der Waals surface area contributed by atoms with E-state index >= 15 is 0 Å². The molecule has 1 fully saturated rings. The second kappa shape index (κ2) is 3.70. The van der Waals surface area contributed by atoms with Gasteiger partial charge in [0.2, 0.25) is 0 Å². The Hall–Kier alpha value is -1.29. The highest BCUT2D eigenvalue weighted by Gasteiger charge is 2.28. The normalized spacial score (nSPS) is 26.7. The van der Waals surface area contributed by atoms with E-state index in [-0.39, 0.29) is 0 Å². The maximum atomic E-state index is 9.98. The first-order valence-electron chi connectivity index (χ1n) is 5.25. The Labute approximate surface area is 89.7 Å². The molecule has 0 spiro atoms. The molecular formula is C11H17N3O. The molecule has 15 heavy (non-hydrogen) atoms. The van der Waals surface area contributed by atoms with Crippen molar-refractivity contribution in [2.45, 2.75) is 25.4 Å². The minimum Gasteiger partial charge on any atom is -0.397 e. The second-order valence-corrected chi connectivity index (χ2v) is 4.50. The third-order valence-corrected chi connectivity index (χ3v) is 2.78. The van der Waals surface area contributed by atoms with Gasteiger partial charge in [0.15, 0.2) is 0 Å². The van der Waals surface area contributed by atoms with Crippen LogP contribution in [0.4, 0.5) is 11.4 Å². The molecular weight excluding hydrogens is 190 g/mol. The molecule has 1 unspecified atom stereocenters. The highest BCUT2D eigenvalue weighted by atomic mass is 16.3. The fourth-order valence-corrected chi connectivity index (χ4v) is 2.06. The first-order valence-corrected chi connectivity index (χ1v) is 5.25. The monoisotopic (exact) mass is 207 g/mol. The van der Waals surface area contributed by atoms with Crippen molar-refractivity contribution in [1.82, 2.24) is 4.98 Å². The SMILES string of the molecule is CC1(O)CCCN(c2cncc(N)c2)C1. The maximum absolute atomic E-state index is 9.98. The van der Waals surface area contributed by atoms with Gasteiger partial charge in [-0.15, -0.1) is 0 Å². The third-order valence-electron chi connectivity index (χ3n) is 2.78. The molecule has 4 nitrogen and oxygen atoms in total. The van der Waals surface area contributed by atoms with E-state index < -0.39 is 5.60 Å². The van der Waals surface area contributed by atoms with Crippen LogP contribution < -0.4 is 10.6 Å². The molecule has 0 radical (unpaired) electrons. The standard InChI is InChI=1S/C11H17N3O/c1-11(15)3-2-4-14(8-11)10-5-9(12)6-13-7-10/h5-7,15H,2-4,8,12H2,1H3. The minimum atomic E-state index is -0.594. The van der Waals surface area contributed by atoms with Gasteiger partial charge in [-0.2, -0.15) is 0 Å². The lowest BCUT2D eigenvalue weighted by atomic mass is 9.95. The first-order chi connectivity index (χ1) is 7.07. The predicted molar refractivity (Wildman–Crippen MR) is 60.7 cm³/mol. The zero-order chi connectivity index (χ0) is 10.9. The van der Waals surface area contributed by atoms with Crippen LogP contribution in [0, 0.1) is 0 Å². The van der Waals surface area contributed by atoms with Crippen molar-refractivity contribution in [3.63, 3.8) is 0 Å². The molecule has 3 N–H and O–H groups in total. The Kier molecular flexibility index (Phi) is 2.52. The number of nitrogen functional groups attached to an aromatic ring is 1. The Morgan fingerprint density at radius 1 is 1.53 bits per heavy atom. The number of β-amino-alcohol motifs (C(OH)–C–C–N with tert-alkyl or cyclic N) is 1. The summed E-state index contributed by atoms with van der Waals surface area (Å²) in [6, 6.07) is 1.90. The summed E-state index contributed by atoms with van der Waals surface area (Å²) < 4.78 is 0. The Morgan fingerprint density at radius 2 is 2.33 bits per heavy atom. The number of aromatic nitrogens is 1. The molecule has 1 atom stereocenters. The molecule has 2 rings (SSSR count). The smallest absolute Gasteiger partial charge is 0.0794 e. The summed E-state index contributed by atoms with van der Waals surface area (Å²) in [5.74, 6) is 0. The molecule has 0 aliphatic carbocycles. The summed E-state index contributed by atoms with van der Waals surface area (Å²) >= 11 is 0. The number of pyridine rings is 1. The number of piperidine rings is 1. The van der Waals surface area contributed by atoms with E-state index in [0.29, 0.717) is 12.2 Å². The summed E-state index contributed by atoms with van der Waals surface area (Å²) in [6.45, 7) is 3.48. The summed E-state index contributed by atoms with van der Waals surface area (Å²) in [4.78, 5) is 6.19. The van der Waals surface area contributed by atoms with Gasteiger partial charge in [-0.3, -0.25) is 4.98 Å². The molecule has 1 aromatic rings. The molecule has 0 saturated carbocycles.